The van der Waals surface area contributed by atoms with Crippen LogP contribution in [-0.4, -0.2) is 140 Å². The Morgan fingerprint density at radius 3 is 0.893 bits per heavy atom. The zero-order valence-corrected chi connectivity index (χ0v) is 67.6. The fourth-order valence-electron chi connectivity index (χ4n) is 15.6. The molecule has 103 heavy (non-hydrogen) atoms. The van der Waals surface area contributed by atoms with Gasteiger partial charge in [0.1, 0.15) is 48.8 Å². The highest BCUT2D eigenvalue weighted by molar-refractivity contribution is 5.76. The number of ether oxygens (including phenoxy) is 4. The molecule has 612 valence electrons. The van der Waals surface area contributed by atoms with Crippen LogP contribution >= 0.6 is 0 Å². The third-order valence-corrected chi connectivity index (χ3v) is 22.7. The summed E-state index contributed by atoms with van der Waals surface area (Å²) in [7, 11) is 0. The van der Waals surface area contributed by atoms with E-state index in [1.54, 1.807) is 6.08 Å². The van der Waals surface area contributed by atoms with Gasteiger partial charge in [0.25, 0.3) is 0 Å². The summed E-state index contributed by atoms with van der Waals surface area (Å²) in [4.78, 5) is 13.4. The predicted octanol–water partition coefficient (Wildman–Crippen LogP) is 22.0. The number of amides is 1. The lowest BCUT2D eigenvalue weighted by Crippen LogP contribution is -2.65. The van der Waals surface area contributed by atoms with Gasteiger partial charge in [-0.1, -0.05) is 443 Å². The van der Waals surface area contributed by atoms with Gasteiger partial charge in [0.15, 0.2) is 12.6 Å². The molecule has 12 unspecified atom stereocenters. The summed E-state index contributed by atoms with van der Waals surface area (Å²) < 4.78 is 23.0. The molecule has 2 aliphatic heterocycles. The topological polar surface area (TPSA) is 228 Å². The average Bonchev–Trinajstić information content (AvgIpc) is 0.791. The van der Waals surface area contributed by atoms with Crippen molar-refractivity contribution in [2.75, 3.05) is 19.8 Å². The van der Waals surface area contributed by atoms with Crippen molar-refractivity contribution in [3.05, 3.63) is 12.2 Å². The van der Waals surface area contributed by atoms with E-state index in [1.807, 2.05) is 6.08 Å². The molecule has 2 aliphatic rings. The van der Waals surface area contributed by atoms with Gasteiger partial charge in [0, 0.05) is 6.42 Å². The van der Waals surface area contributed by atoms with E-state index in [9.17, 15) is 45.6 Å². The largest absolute Gasteiger partial charge is 0.394 e. The number of carbonyl (C=O) groups is 1. The summed E-state index contributed by atoms with van der Waals surface area (Å²) >= 11 is 0. The molecule has 0 aromatic heterocycles. The molecule has 0 aliphatic carbocycles. The number of nitrogens with one attached hydrogen (secondary N) is 1. The molecule has 0 aromatic carbocycles. The van der Waals surface area contributed by atoms with E-state index in [0.717, 1.165) is 44.9 Å². The number of aliphatic hydroxyl groups excluding tert-OH is 8. The van der Waals surface area contributed by atoms with Crippen molar-refractivity contribution in [1.82, 2.24) is 5.32 Å². The number of aliphatic hydroxyl groups is 8. The molecule has 0 saturated carbocycles. The Balaban J connectivity index is 1.56. The number of carbonyl (C=O) groups excluding carboxylic acids is 1. The van der Waals surface area contributed by atoms with Crippen LogP contribution in [0.5, 0.6) is 0 Å². The highest BCUT2D eigenvalue weighted by Gasteiger charge is 2.51. The van der Waals surface area contributed by atoms with Gasteiger partial charge in [0.05, 0.1) is 32.0 Å². The first-order valence-electron chi connectivity index (χ1n) is 45.4. The standard InChI is InChI=1S/C89H173NO13/c1-3-5-7-9-11-13-15-17-19-21-23-25-27-29-31-33-35-37-38-39-41-43-45-47-49-51-53-55-57-59-61-63-65-67-69-71-73-81(94)90-77(76-100-88-86(99)84(97)87(80(75-92)102-88)103-89-85(98)83(96)82(95)79(74-91)101-89)78(93)72-70-68-66-64-62-60-58-56-54-52-50-48-46-44-42-40-36-34-32-30-28-26-24-22-20-18-16-14-12-10-8-6-4-2/h70,72,77-80,82-89,91-93,95-99H,3-69,71,73-76H2,1-2H3,(H,90,94)/b72-70+. The minimum Gasteiger partial charge on any atom is -0.394 e. The van der Waals surface area contributed by atoms with E-state index in [2.05, 4.69) is 19.2 Å². The molecule has 9 N–H and O–H groups in total. The van der Waals surface area contributed by atoms with Crippen LogP contribution in [0.4, 0.5) is 0 Å². The average molecular weight is 1470 g/mol. The Kier molecular flexibility index (Phi) is 69.8. The Morgan fingerprint density at radius 2 is 0.602 bits per heavy atom. The smallest absolute Gasteiger partial charge is 0.220 e. The van der Waals surface area contributed by atoms with Gasteiger partial charge in [-0.25, -0.2) is 0 Å². The molecule has 0 spiro atoms. The van der Waals surface area contributed by atoms with Gasteiger partial charge in [-0.3, -0.25) is 4.79 Å². The van der Waals surface area contributed by atoms with Crippen LogP contribution < -0.4 is 5.32 Å². The maximum absolute atomic E-state index is 13.4. The van der Waals surface area contributed by atoms with Crippen LogP contribution in [0, 0.1) is 0 Å². The molecule has 0 aromatic rings. The predicted molar refractivity (Wildman–Crippen MR) is 429 cm³/mol. The van der Waals surface area contributed by atoms with Crippen molar-refractivity contribution in [2.24, 2.45) is 0 Å². The normalized spacial score (nSPS) is 21.5. The van der Waals surface area contributed by atoms with Gasteiger partial charge in [-0.2, -0.15) is 0 Å². The second kappa shape index (κ2) is 73.5. The number of hydrogen-bond acceptors (Lipinski definition) is 13. The molecule has 2 rings (SSSR count). The first-order chi connectivity index (χ1) is 50.6. The van der Waals surface area contributed by atoms with E-state index in [0.29, 0.717) is 0 Å². The zero-order chi connectivity index (χ0) is 74.4. The SMILES string of the molecule is CCCCCCCCCCCCCCCCCCCCCCCCCCCCCCCCC/C=C/C(O)C(COC1OC(CO)C(OC2OC(CO)C(O)C(O)C2O)C(O)C1O)NC(=O)CCCCCCCCCCCCCCCCCCCCCCCCCCCCCCCCCCCCCC. The van der Waals surface area contributed by atoms with Crippen molar-refractivity contribution in [3.63, 3.8) is 0 Å². The summed E-state index contributed by atoms with van der Waals surface area (Å²) in [6.45, 7) is 2.89. The summed E-state index contributed by atoms with van der Waals surface area (Å²) in [6.07, 6.45) is 79.1. The van der Waals surface area contributed by atoms with Crippen LogP contribution in [0.15, 0.2) is 12.2 Å². The fraction of sp³-hybridized carbons (Fsp3) is 0.966. The number of allylic oxidation sites excluding steroid dienone is 1. The Labute approximate surface area is 635 Å². The van der Waals surface area contributed by atoms with Gasteiger partial charge < -0.3 is 65.1 Å². The third-order valence-electron chi connectivity index (χ3n) is 22.7. The molecule has 2 fully saturated rings. The Hall–Kier alpha value is -1.27. The number of unbranched alkanes of at least 4 members (excludes halogenated alkanes) is 66. The minimum absolute atomic E-state index is 0.227. The molecule has 14 nitrogen and oxygen atoms in total. The van der Waals surface area contributed by atoms with Crippen LogP contribution in [0.3, 0.4) is 0 Å². The van der Waals surface area contributed by atoms with Crippen LogP contribution in [-0.2, 0) is 23.7 Å². The maximum Gasteiger partial charge on any atom is 0.220 e. The van der Waals surface area contributed by atoms with E-state index in [4.69, 9.17) is 18.9 Å². The summed E-state index contributed by atoms with van der Waals surface area (Å²) in [6, 6.07) is -0.913. The van der Waals surface area contributed by atoms with Crippen molar-refractivity contribution >= 4 is 5.91 Å². The van der Waals surface area contributed by atoms with Crippen LogP contribution in [0.1, 0.15) is 457 Å². The second-order valence-corrected chi connectivity index (χ2v) is 32.5. The van der Waals surface area contributed by atoms with Gasteiger partial charge in [0.2, 0.25) is 5.91 Å². The van der Waals surface area contributed by atoms with Crippen LogP contribution in [0.2, 0.25) is 0 Å². The van der Waals surface area contributed by atoms with E-state index in [-0.39, 0.29) is 18.9 Å². The maximum atomic E-state index is 13.4. The molecule has 0 bridgehead atoms. The molecule has 2 saturated heterocycles. The van der Waals surface area contributed by atoms with Crippen molar-refractivity contribution in [3.8, 4) is 0 Å². The molecule has 0 radical (unpaired) electrons. The molecular formula is C89H173NO13. The van der Waals surface area contributed by atoms with Crippen molar-refractivity contribution in [1.29, 1.82) is 0 Å². The molecule has 14 heteroatoms. The number of hydrogen-bond donors (Lipinski definition) is 9. The Morgan fingerprint density at radius 1 is 0.340 bits per heavy atom. The third kappa shape index (κ3) is 55.7. The first-order valence-corrected chi connectivity index (χ1v) is 45.4. The summed E-state index contributed by atoms with van der Waals surface area (Å²) in [5, 5.41) is 87.9. The van der Waals surface area contributed by atoms with Gasteiger partial charge in [-0.05, 0) is 19.3 Å². The summed E-state index contributed by atoms with van der Waals surface area (Å²) in [5.41, 5.74) is 0. The lowest BCUT2D eigenvalue weighted by molar-refractivity contribution is -0.359. The van der Waals surface area contributed by atoms with Gasteiger partial charge >= 0.3 is 0 Å². The van der Waals surface area contributed by atoms with Crippen molar-refractivity contribution in [2.45, 2.75) is 530 Å². The zero-order valence-electron chi connectivity index (χ0n) is 67.6. The van der Waals surface area contributed by atoms with Gasteiger partial charge in [-0.15, -0.1) is 0 Å². The van der Waals surface area contributed by atoms with E-state index in [1.165, 1.54) is 392 Å². The van der Waals surface area contributed by atoms with Crippen molar-refractivity contribution < 1.29 is 64.6 Å². The lowest BCUT2D eigenvalue weighted by Gasteiger charge is -2.46. The molecule has 12 atom stereocenters. The van der Waals surface area contributed by atoms with Crippen LogP contribution in [0.25, 0.3) is 0 Å². The highest BCUT2D eigenvalue weighted by Crippen LogP contribution is 2.31. The molecule has 1 amide bonds. The molecular weight excluding hydrogens is 1290 g/mol. The lowest BCUT2D eigenvalue weighted by atomic mass is 9.97. The van der Waals surface area contributed by atoms with E-state index >= 15 is 0 Å². The number of rotatable bonds is 79. The molecule has 2 heterocycles. The monoisotopic (exact) mass is 1460 g/mol. The Bertz CT molecular complexity index is 1780. The highest BCUT2D eigenvalue weighted by atomic mass is 16.7. The van der Waals surface area contributed by atoms with E-state index < -0.39 is 86.8 Å². The second-order valence-electron chi connectivity index (χ2n) is 32.5. The summed E-state index contributed by atoms with van der Waals surface area (Å²) in [5.74, 6) is -0.227. The quantitative estimate of drug-likeness (QED) is 0.0204. The minimum atomic E-state index is -1.79. The first kappa shape index (κ1) is 97.8. The fourth-order valence-corrected chi connectivity index (χ4v) is 15.6.